The van der Waals surface area contributed by atoms with E-state index in [1.54, 1.807) is 6.08 Å². The molecular formula is C16H26N2O2S. The number of allylic oxidation sites excluding steroid dienone is 3. The van der Waals surface area contributed by atoms with E-state index in [-0.39, 0.29) is 12.3 Å². The van der Waals surface area contributed by atoms with Gasteiger partial charge in [-0.2, -0.15) is 5.26 Å². The summed E-state index contributed by atoms with van der Waals surface area (Å²) in [5, 5.41) is 14.5. The molecule has 1 atom stereocenters. The van der Waals surface area contributed by atoms with Gasteiger partial charge in [-0.25, -0.2) is 13.6 Å². The molecule has 1 aliphatic carbocycles. The van der Waals surface area contributed by atoms with Crippen LogP contribution in [0.25, 0.3) is 0 Å². The zero-order chi connectivity index (χ0) is 16.3. The van der Waals surface area contributed by atoms with Gasteiger partial charge in [-0.15, -0.1) is 0 Å². The van der Waals surface area contributed by atoms with Crippen molar-refractivity contribution in [3.63, 3.8) is 0 Å². The maximum atomic E-state index is 12.1. The van der Waals surface area contributed by atoms with Crippen molar-refractivity contribution in [1.29, 1.82) is 5.26 Å². The lowest BCUT2D eigenvalue weighted by atomic mass is 9.81. The maximum absolute atomic E-state index is 12.1. The van der Waals surface area contributed by atoms with Crippen molar-refractivity contribution >= 4 is 10.0 Å². The summed E-state index contributed by atoms with van der Waals surface area (Å²) < 4.78 is 23.2. The molecule has 1 aliphatic rings. The number of nitrogens with zero attached hydrogens (tertiary/aromatic N) is 1. The summed E-state index contributed by atoms with van der Waals surface area (Å²) in [6, 6.07) is 2.14. The first kappa shape index (κ1) is 17.9. The number of nitrogens with two attached hydrogens (primary N) is 1. The van der Waals surface area contributed by atoms with Gasteiger partial charge in [-0.1, -0.05) is 39.8 Å². The third-order valence-electron chi connectivity index (χ3n) is 3.76. The molecule has 1 rings (SSSR count). The zero-order valence-electron chi connectivity index (χ0n) is 13.4. The Morgan fingerprint density at radius 3 is 2.33 bits per heavy atom. The minimum Gasteiger partial charge on any atom is -0.228 e. The quantitative estimate of drug-likeness (QED) is 0.817. The second-order valence-electron chi connectivity index (χ2n) is 6.74. The molecule has 4 nitrogen and oxygen atoms in total. The third kappa shape index (κ3) is 4.42. The molecule has 0 amide bonds. The highest BCUT2D eigenvalue weighted by molar-refractivity contribution is 7.90. The largest absolute Gasteiger partial charge is 0.228 e. The molecule has 0 radical (unpaired) electrons. The first-order valence-electron chi connectivity index (χ1n) is 7.41. The molecule has 1 unspecified atom stereocenters. The van der Waals surface area contributed by atoms with Crippen molar-refractivity contribution in [2.45, 2.75) is 58.1 Å². The van der Waals surface area contributed by atoms with E-state index in [4.69, 9.17) is 10.4 Å². The van der Waals surface area contributed by atoms with Crippen LogP contribution in [0.15, 0.2) is 23.3 Å². The predicted molar refractivity (Wildman–Crippen MR) is 85.8 cm³/mol. The van der Waals surface area contributed by atoms with Crippen LogP contribution in [0.3, 0.4) is 0 Å². The molecule has 21 heavy (non-hydrogen) atoms. The monoisotopic (exact) mass is 310 g/mol. The Balaban J connectivity index is 3.28. The van der Waals surface area contributed by atoms with Gasteiger partial charge in [-0.05, 0) is 42.2 Å². The van der Waals surface area contributed by atoms with Gasteiger partial charge in [0.2, 0.25) is 10.0 Å². The van der Waals surface area contributed by atoms with Gasteiger partial charge < -0.3 is 0 Å². The summed E-state index contributed by atoms with van der Waals surface area (Å²) in [6.45, 7) is 8.19. The van der Waals surface area contributed by atoms with Crippen LogP contribution in [0.1, 0.15) is 53.4 Å². The topological polar surface area (TPSA) is 84.0 Å². The molecule has 0 saturated carbocycles. The summed E-state index contributed by atoms with van der Waals surface area (Å²) in [5.41, 5.74) is 1.92. The van der Waals surface area contributed by atoms with Crippen LogP contribution in [-0.4, -0.2) is 13.2 Å². The molecule has 0 spiro atoms. The highest BCUT2D eigenvalue weighted by Crippen LogP contribution is 2.39. The number of hydrogen-bond donors (Lipinski definition) is 1. The van der Waals surface area contributed by atoms with Gasteiger partial charge in [0.1, 0.15) is 4.75 Å². The molecule has 0 aromatic heterocycles. The van der Waals surface area contributed by atoms with Crippen LogP contribution >= 0.6 is 0 Å². The lowest BCUT2D eigenvalue weighted by Crippen LogP contribution is -2.44. The lowest BCUT2D eigenvalue weighted by molar-refractivity contribution is 0.465. The normalized spacial score (nSPS) is 23.0. The SMILES string of the molecule is CC(C)CC1=CCC(CC(C)C)(S(N)(=O)=O)C=C1CC#N. The molecule has 0 aliphatic heterocycles. The summed E-state index contributed by atoms with van der Waals surface area (Å²) in [6.07, 6.45) is 5.69. The molecule has 0 saturated heterocycles. The number of rotatable bonds is 6. The van der Waals surface area contributed by atoms with Crippen LogP contribution in [0.2, 0.25) is 0 Å². The Hall–Kier alpha value is -1.12. The number of primary sulfonamides is 1. The van der Waals surface area contributed by atoms with E-state index < -0.39 is 14.8 Å². The molecule has 5 heteroatoms. The smallest absolute Gasteiger partial charge is 0.218 e. The van der Waals surface area contributed by atoms with E-state index in [1.165, 1.54) is 0 Å². The van der Waals surface area contributed by atoms with Crippen molar-refractivity contribution in [3.05, 3.63) is 23.3 Å². The number of nitriles is 1. The van der Waals surface area contributed by atoms with Gasteiger partial charge >= 0.3 is 0 Å². The molecule has 2 N–H and O–H groups in total. The van der Waals surface area contributed by atoms with Crippen molar-refractivity contribution in [1.82, 2.24) is 0 Å². The van der Waals surface area contributed by atoms with Crippen LogP contribution < -0.4 is 5.14 Å². The Kier molecular flexibility index (Phi) is 5.77. The second-order valence-corrected chi connectivity index (χ2v) is 8.65. The zero-order valence-corrected chi connectivity index (χ0v) is 14.2. The second kappa shape index (κ2) is 6.76. The minimum absolute atomic E-state index is 0.211. The van der Waals surface area contributed by atoms with Crippen LogP contribution in [0.5, 0.6) is 0 Å². The van der Waals surface area contributed by atoms with E-state index >= 15 is 0 Å². The van der Waals surface area contributed by atoms with Crippen molar-refractivity contribution in [2.75, 3.05) is 0 Å². The van der Waals surface area contributed by atoms with Gasteiger partial charge in [0.15, 0.2) is 0 Å². The van der Waals surface area contributed by atoms with Crippen LogP contribution in [0, 0.1) is 23.2 Å². The molecular weight excluding hydrogens is 284 g/mol. The van der Waals surface area contributed by atoms with Crippen molar-refractivity contribution < 1.29 is 8.42 Å². The standard InChI is InChI=1S/C16H26N2O2S/c1-12(2)9-14-5-7-16(10-13(3)4,21(18,19)20)11-15(14)6-8-17/h5,11-13H,6-7,9-10H2,1-4H3,(H2,18,19,20). The highest BCUT2D eigenvalue weighted by atomic mass is 32.2. The third-order valence-corrected chi connectivity index (χ3v) is 5.35. The Morgan fingerprint density at radius 2 is 1.90 bits per heavy atom. The van der Waals surface area contributed by atoms with Gasteiger partial charge in [-0.3, -0.25) is 0 Å². The van der Waals surface area contributed by atoms with E-state index in [9.17, 15) is 8.42 Å². The number of hydrogen-bond acceptors (Lipinski definition) is 3. The van der Waals surface area contributed by atoms with Crippen LogP contribution in [-0.2, 0) is 10.0 Å². The summed E-state index contributed by atoms with van der Waals surface area (Å²) in [7, 11) is -3.72. The summed E-state index contributed by atoms with van der Waals surface area (Å²) in [5.74, 6) is 0.674. The van der Waals surface area contributed by atoms with Crippen LogP contribution in [0.4, 0.5) is 0 Å². The van der Waals surface area contributed by atoms with Crippen molar-refractivity contribution in [3.8, 4) is 6.07 Å². The minimum atomic E-state index is -3.72. The lowest BCUT2D eigenvalue weighted by Gasteiger charge is -2.34. The molecule has 118 valence electrons. The Labute approximate surface area is 128 Å². The highest BCUT2D eigenvalue weighted by Gasteiger charge is 2.41. The average molecular weight is 310 g/mol. The van der Waals surface area contributed by atoms with Gasteiger partial charge in [0.05, 0.1) is 12.5 Å². The Bertz CT molecular complexity index is 580. The molecule has 0 fully saturated rings. The summed E-state index contributed by atoms with van der Waals surface area (Å²) in [4.78, 5) is 0. The fourth-order valence-electron chi connectivity index (χ4n) is 2.95. The van der Waals surface area contributed by atoms with E-state index in [0.717, 1.165) is 17.6 Å². The first-order chi connectivity index (χ1) is 9.61. The van der Waals surface area contributed by atoms with Gasteiger partial charge in [0, 0.05) is 0 Å². The fraction of sp³-hybridized carbons (Fsp3) is 0.688. The van der Waals surface area contributed by atoms with E-state index in [1.807, 2.05) is 19.9 Å². The summed E-state index contributed by atoms with van der Waals surface area (Å²) >= 11 is 0. The molecule has 0 aromatic rings. The van der Waals surface area contributed by atoms with E-state index in [0.29, 0.717) is 18.8 Å². The Morgan fingerprint density at radius 1 is 1.29 bits per heavy atom. The molecule has 0 heterocycles. The molecule has 0 aromatic carbocycles. The van der Waals surface area contributed by atoms with Gasteiger partial charge in [0.25, 0.3) is 0 Å². The predicted octanol–water partition coefficient (Wildman–Crippen LogP) is 3.28. The van der Waals surface area contributed by atoms with Crippen molar-refractivity contribution in [2.24, 2.45) is 17.0 Å². The maximum Gasteiger partial charge on any atom is 0.218 e. The van der Waals surface area contributed by atoms with E-state index in [2.05, 4.69) is 19.9 Å². The fourth-order valence-corrected chi connectivity index (χ4v) is 4.14. The number of sulfonamides is 1. The average Bonchev–Trinajstić information content (AvgIpc) is 2.30. The first-order valence-corrected chi connectivity index (χ1v) is 8.96. The molecule has 0 bridgehead atoms.